The predicted octanol–water partition coefficient (Wildman–Crippen LogP) is 10.6. The summed E-state index contributed by atoms with van der Waals surface area (Å²) in [7, 11) is 0. The minimum absolute atomic E-state index is 0.104. The van der Waals surface area contributed by atoms with Crippen LogP contribution < -0.4 is 0 Å². The minimum Gasteiger partial charge on any atom is -0.392 e. The van der Waals surface area contributed by atoms with Crippen molar-refractivity contribution in [1.29, 1.82) is 0 Å². The summed E-state index contributed by atoms with van der Waals surface area (Å²) in [5.41, 5.74) is 5.20. The van der Waals surface area contributed by atoms with Gasteiger partial charge in [0.1, 0.15) is 0 Å². The third kappa shape index (κ3) is 6.76. The van der Waals surface area contributed by atoms with Crippen molar-refractivity contribution in [1.82, 2.24) is 0 Å². The summed E-state index contributed by atoms with van der Waals surface area (Å²) in [6.45, 7) is 4.72. The third-order valence-corrected chi connectivity index (χ3v) is 12.1. The van der Waals surface area contributed by atoms with Crippen LogP contribution in [0.15, 0.2) is 121 Å². The third-order valence-electron chi connectivity index (χ3n) is 12.1. The molecule has 4 atom stereocenters. The molecule has 2 saturated carbocycles. The zero-order chi connectivity index (χ0) is 31.9. The van der Waals surface area contributed by atoms with Crippen LogP contribution in [-0.2, 0) is 0 Å². The molecule has 2 fully saturated rings. The van der Waals surface area contributed by atoms with Gasteiger partial charge in [-0.15, -0.1) is 0 Å². The second-order valence-electron chi connectivity index (χ2n) is 14.5. The smallest absolute Gasteiger partial charge is 0.0677 e. The number of aliphatic hydroxyl groups is 2. The number of hydrogen-bond acceptors (Lipinski definition) is 2. The average molecular weight is 615 g/mol. The Hall–Kier alpha value is -3.20. The van der Waals surface area contributed by atoms with Crippen molar-refractivity contribution >= 4 is 0 Å². The average Bonchev–Trinajstić information content (AvgIpc) is 3.12. The second kappa shape index (κ2) is 15.1. The van der Waals surface area contributed by atoms with Crippen LogP contribution in [0.3, 0.4) is 0 Å². The van der Waals surface area contributed by atoms with E-state index in [9.17, 15) is 10.2 Å². The fourth-order valence-electron chi connectivity index (χ4n) is 9.86. The number of hydrogen-bond donors (Lipinski definition) is 2. The molecule has 2 aliphatic carbocycles. The molecule has 0 amide bonds. The van der Waals surface area contributed by atoms with E-state index in [4.69, 9.17) is 0 Å². The predicted molar refractivity (Wildman–Crippen MR) is 191 cm³/mol. The van der Waals surface area contributed by atoms with Gasteiger partial charge < -0.3 is 10.2 Å². The van der Waals surface area contributed by atoms with E-state index in [-0.39, 0.29) is 29.1 Å². The molecule has 2 heteroatoms. The molecule has 0 saturated heterocycles. The van der Waals surface area contributed by atoms with Crippen molar-refractivity contribution < 1.29 is 10.2 Å². The lowest BCUT2D eigenvalue weighted by Crippen LogP contribution is -2.48. The van der Waals surface area contributed by atoms with Crippen LogP contribution in [-0.4, -0.2) is 22.4 Å². The summed E-state index contributed by atoms with van der Waals surface area (Å²) >= 11 is 0. The Morgan fingerprint density at radius 1 is 0.457 bits per heavy atom. The van der Waals surface area contributed by atoms with Gasteiger partial charge in [-0.25, -0.2) is 0 Å². The van der Waals surface area contributed by atoms with E-state index >= 15 is 0 Å². The van der Waals surface area contributed by atoms with Crippen LogP contribution in [0.25, 0.3) is 0 Å². The molecule has 0 bridgehead atoms. The van der Waals surface area contributed by atoms with Crippen molar-refractivity contribution in [3.8, 4) is 0 Å². The lowest BCUT2D eigenvalue weighted by molar-refractivity contribution is -0.0595. The van der Waals surface area contributed by atoms with E-state index in [1.165, 1.54) is 47.9 Å². The SMILES string of the molecule is CCCCC(CCC)(C1CC(c2ccccc2)C(O)C(c2ccccc2)C1)C1CC(c2ccccc2)C(O)C(c2ccccc2)C1. The minimum atomic E-state index is -0.408. The Bertz CT molecular complexity index is 1250. The maximum absolute atomic E-state index is 12.1. The first kappa shape index (κ1) is 32.7. The molecule has 0 aliphatic heterocycles. The fourth-order valence-corrected chi connectivity index (χ4v) is 9.86. The molecular weight excluding hydrogens is 560 g/mol. The lowest BCUT2D eigenvalue weighted by Gasteiger charge is -2.56. The van der Waals surface area contributed by atoms with Crippen molar-refractivity contribution in [3.05, 3.63) is 144 Å². The highest BCUT2D eigenvalue weighted by atomic mass is 16.3. The Kier molecular flexibility index (Phi) is 10.8. The van der Waals surface area contributed by atoms with Gasteiger partial charge in [0.2, 0.25) is 0 Å². The molecule has 2 nitrogen and oxygen atoms in total. The molecule has 0 spiro atoms. The molecule has 2 N–H and O–H groups in total. The maximum atomic E-state index is 12.1. The zero-order valence-electron chi connectivity index (χ0n) is 27.9. The molecule has 2 aliphatic rings. The van der Waals surface area contributed by atoms with Crippen molar-refractivity contribution in [3.63, 3.8) is 0 Å². The molecule has 0 radical (unpaired) electrons. The summed E-state index contributed by atoms with van der Waals surface area (Å²) in [6.07, 6.45) is 9.22. The Morgan fingerprint density at radius 2 is 0.761 bits per heavy atom. The first-order valence-corrected chi connectivity index (χ1v) is 18.1. The summed E-state index contributed by atoms with van der Waals surface area (Å²) in [5, 5.41) is 24.2. The molecule has 4 aromatic rings. The number of rotatable bonds is 11. The molecule has 4 unspecified atom stereocenters. The van der Waals surface area contributed by atoms with E-state index in [0.29, 0.717) is 11.8 Å². The van der Waals surface area contributed by atoms with Crippen LogP contribution in [0.5, 0.6) is 0 Å². The summed E-state index contributed by atoms with van der Waals surface area (Å²) in [6, 6.07) is 43.3. The highest BCUT2D eigenvalue weighted by Gasteiger charge is 2.53. The largest absolute Gasteiger partial charge is 0.392 e. The number of benzene rings is 4. The van der Waals surface area contributed by atoms with Gasteiger partial charge in [-0.1, -0.05) is 154 Å². The van der Waals surface area contributed by atoms with Crippen LogP contribution in [0.4, 0.5) is 0 Å². The molecule has 6 rings (SSSR count). The zero-order valence-corrected chi connectivity index (χ0v) is 27.9. The fraction of sp³-hybridized carbons (Fsp3) is 0.455. The first-order chi connectivity index (χ1) is 22.6. The molecular formula is C44H54O2. The summed E-state index contributed by atoms with van der Waals surface area (Å²) < 4.78 is 0. The van der Waals surface area contributed by atoms with Gasteiger partial charge in [-0.3, -0.25) is 0 Å². The molecule has 242 valence electrons. The van der Waals surface area contributed by atoms with Gasteiger partial charge >= 0.3 is 0 Å². The van der Waals surface area contributed by atoms with Gasteiger partial charge in [0, 0.05) is 23.7 Å². The van der Waals surface area contributed by atoms with Crippen molar-refractivity contribution in [2.75, 3.05) is 0 Å². The highest BCUT2D eigenvalue weighted by molar-refractivity contribution is 5.31. The standard InChI is InChI=1S/C44H54O2/c1-3-5-27-44(26-4-2,36-28-38(32-18-10-6-11-19-32)42(45)39(29-36)33-20-12-7-13-21-33)37-30-40(34-22-14-8-15-23-34)43(46)41(31-37)35-24-16-9-17-25-35/h6-25,36-43,45-46H,3-5,26-31H2,1-2H3. The van der Waals surface area contributed by atoms with E-state index in [1.807, 2.05) is 0 Å². The van der Waals surface area contributed by atoms with Gasteiger partial charge in [-0.2, -0.15) is 0 Å². The number of aliphatic hydroxyl groups excluding tert-OH is 2. The van der Waals surface area contributed by atoms with E-state index < -0.39 is 12.2 Å². The molecule has 46 heavy (non-hydrogen) atoms. The van der Waals surface area contributed by atoms with Crippen LogP contribution >= 0.6 is 0 Å². The normalized spacial score (nSPS) is 29.6. The Labute approximate surface area is 277 Å². The Balaban J connectivity index is 1.46. The van der Waals surface area contributed by atoms with Crippen LogP contribution in [0.2, 0.25) is 0 Å². The highest BCUT2D eigenvalue weighted by Crippen LogP contribution is 2.61. The topological polar surface area (TPSA) is 40.5 Å². The van der Waals surface area contributed by atoms with E-state index in [0.717, 1.165) is 32.1 Å². The lowest BCUT2D eigenvalue weighted by atomic mass is 9.49. The maximum Gasteiger partial charge on any atom is 0.0677 e. The van der Waals surface area contributed by atoms with Crippen LogP contribution in [0.1, 0.15) is 118 Å². The molecule has 0 heterocycles. The summed E-state index contributed by atoms with van der Waals surface area (Å²) in [4.78, 5) is 0. The van der Waals surface area contributed by atoms with Gasteiger partial charge in [0.15, 0.2) is 0 Å². The van der Waals surface area contributed by atoms with Gasteiger partial charge in [-0.05, 0) is 78.0 Å². The summed E-state index contributed by atoms with van der Waals surface area (Å²) in [5.74, 6) is 1.37. The quantitative estimate of drug-likeness (QED) is 0.176. The Morgan fingerprint density at radius 3 is 1.02 bits per heavy atom. The van der Waals surface area contributed by atoms with Crippen molar-refractivity contribution in [2.45, 2.75) is 108 Å². The first-order valence-electron chi connectivity index (χ1n) is 18.1. The molecule has 4 aromatic carbocycles. The van der Waals surface area contributed by atoms with E-state index in [2.05, 4.69) is 135 Å². The van der Waals surface area contributed by atoms with Gasteiger partial charge in [0.05, 0.1) is 12.2 Å². The van der Waals surface area contributed by atoms with Gasteiger partial charge in [0.25, 0.3) is 0 Å². The molecule has 0 aromatic heterocycles. The van der Waals surface area contributed by atoms with E-state index in [1.54, 1.807) is 0 Å². The van der Waals surface area contributed by atoms with Crippen molar-refractivity contribution in [2.24, 2.45) is 17.3 Å². The monoisotopic (exact) mass is 614 g/mol. The number of unbranched alkanes of at least 4 members (excludes halogenated alkanes) is 1. The van der Waals surface area contributed by atoms with Crippen LogP contribution in [0, 0.1) is 17.3 Å². The second-order valence-corrected chi connectivity index (χ2v) is 14.5.